The van der Waals surface area contributed by atoms with Gasteiger partial charge in [0.1, 0.15) is 10.0 Å². The average molecular weight is 361 g/mol. The number of nitrogens with zero attached hydrogens (tertiary/aromatic N) is 2. The summed E-state index contributed by atoms with van der Waals surface area (Å²) in [5, 5.41) is 13.2. The molecule has 1 aliphatic carbocycles. The third kappa shape index (κ3) is 5.69. The molecule has 2 rings (SSSR count). The number of carbonyl (C=O) groups is 1. The van der Waals surface area contributed by atoms with E-state index in [4.69, 9.17) is 5.73 Å². The summed E-state index contributed by atoms with van der Waals surface area (Å²) >= 11 is 1.57. The van der Waals surface area contributed by atoms with Crippen LogP contribution in [-0.4, -0.2) is 22.6 Å². The summed E-state index contributed by atoms with van der Waals surface area (Å²) in [5.74, 6) is 0.0832. The lowest BCUT2D eigenvalue weighted by Crippen LogP contribution is -2.38. The maximum Gasteiger partial charge on any atom is 0.220 e. The molecule has 7 heteroatoms. The molecule has 0 radical (unpaired) electrons. The van der Waals surface area contributed by atoms with E-state index in [1.807, 2.05) is 0 Å². The van der Waals surface area contributed by atoms with Gasteiger partial charge in [-0.2, -0.15) is 0 Å². The Hall–Kier alpha value is -0.720. The lowest BCUT2D eigenvalue weighted by Gasteiger charge is -2.35. The van der Waals surface area contributed by atoms with Crippen LogP contribution in [0.15, 0.2) is 0 Å². The van der Waals surface area contributed by atoms with Gasteiger partial charge in [-0.1, -0.05) is 51.4 Å². The van der Waals surface area contributed by atoms with Gasteiger partial charge in [0.2, 0.25) is 5.91 Å². The van der Waals surface area contributed by atoms with Crippen LogP contribution in [0.5, 0.6) is 0 Å². The third-order valence-electron chi connectivity index (χ3n) is 4.43. The topological polar surface area (TPSA) is 80.9 Å². The van der Waals surface area contributed by atoms with Crippen molar-refractivity contribution in [3.05, 3.63) is 10.0 Å². The lowest BCUT2D eigenvalue weighted by atomic mass is 9.72. The summed E-state index contributed by atoms with van der Waals surface area (Å²) in [4.78, 5) is 12.2. The fraction of sp³-hybridized carbons (Fsp3) is 0.812. The van der Waals surface area contributed by atoms with E-state index in [9.17, 15) is 4.79 Å². The zero-order valence-electron chi connectivity index (χ0n) is 14.4. The van der Waals surface area contributed by atoms with Crippen molar-refractivity contribution < 1.29 is 4.79 Å². The first-order valence-electron chi connectivity index (χ1n) is 8.14. The molecule has 5 nitrogen and oxygen atoms in total. The molecule has 1 heterocycles. The van der Waals surface area contributed by atoms with Gasteiger partial charge in [0.25, 0.3) is 0 Å². The molecule has 23 heavy (non-hydrogen) atoms. The van der Waals surface area contributed by atoms with Crippen molar-refractivity contribution >= 4 is 29.7 Å². The number of nitrogens with two attached hydrogens (primary N) is 1. The van der Waals surface area contributed by atoms with Gasteiger partial charge in [0, 0.05) is 11.8 Å². The maximum absolute atomic E-state index is 12.2. The highest BCUT2D eigenvalue weighted by Gasteiger charge is 2.32. The van der Waals surface area contributed by atoms with Crippen molar-refractivity contribution in [1.82, 2.24) is 15.5 Å². The smallest absolute Gasteiger partial charge is 0.220 e. The first kappa shape index (κ1) is 20.3. The number of hydrogen-bond donors (Lipinski definition) is 2. The van der Waals surface area contributed by atoms with Gasteiger partial charge < -0.3 is 11.1 Å². The van der Waals surface area contributed by atoms with Crippen LogP contribution in [-0.2, 0) is 16.8 Å². The van der Waals surface area contributed by atoms with Gasteiger partial charge in [-0.05, 0) is 24.8 Å². The molecule has 132 valence electrons. The van der Waals surface area contributed by atoms with E-state index >= 15 is 0 Å². The van der Waals surface area contributed by atoms with Crippen molar-refractivity contribution in [2.45, 2.75) is 71.3 Å². The highest BCUT2D eigenvalue weighted by atomic mass is 35.5. The van der Waals surface area contributed by atoms with Crippen LogP contribution in [0.3, 0.4) is 0 Å². The molecule has 1 saturated carbocycles. The number of rotatable bonds is 5. The summed E-state index contributed by atoms with van der Waals surface area (Å²) < 4.78 is 0. The SMILES string of the molecule is CC(C)(C)c1nnc(CNC(=O)CC2(CN)CCCCC2)s1.Cl. The highest BCUT2D eigenvalue weighted by Crippen LogP contribution is 2.38. The molecule has 0 aliphatic heterocycles. The van der Waals surface area contributed by atoms with Crippen molar-refractivity contribution in [3.8, 4) is 0 Å². The lowest BCUT2D eigenvalue weighted by molar-refractivity contribution is -0.124. The van der Waals surface area contributed by atoms with Crippen molar-refractivity contribution in [1.29, 1.82) is 0 Å². The number of amides is 1. The molecule has 1 fully saturated rings. The van der Waals surface area contributed by atoms with E-state index in [0.717, 1.165) is 22.9 Å². The van der Waals surface area contributed by atoms with E-state index in [1.54, 1.807) is 11.3 Å². The number of carbonyl (C=O) groups excluding carboxylic acids is 1. The van der Waals surface area contributed by atoms with Crippen molar-refractivity contribution in [3.63, 3.8) is 0 Å². The van der Waals surface area contributed by atoms with Gasteiger partial charge in [-0.25, -0.2) is 0 Å². The molecule has 0 unspecified atom stereocenters. The molecule has 0 bridgehead atoms. The van der Waals surface area contributed by atoms with Crippen LogP contribution in [0, 0.1) is 5.41 Å². The summed E-state index contributed by atoms with van der Waals surface area (Å²) in [6, 6.07) is 0. The molecule has 3 N–H and O–H groups in total. The minimum atomic E-state index is 0. The molecular weight excluding hydrogens is 332 g/mol. The summed E-state index contributed by atoms with van der Waals surface area (Å²) in [7, 11) is 0. The first-order chi connectivity index (χ1) is 10.3. The zero-order valence-corrected chi connectivity index (χ0v) is 16.0. The van der Waals surface area contributed by atoms with Crippen LogP contribution < -0.4 is 11.1 Å². The second-order valence-electron chi connectivity index (χ2n) is 7.47. The van der Waals surface area contributed by atoms with Crippen LogP contribution in [0.1, 0.15) is 69.3 Å². The van der Waals surface area contributed by atoms with Gasteiger partial charge in [0.05, 0.1) is 6.54 Å². The molecule has 0 atom stereocenters. The Morgan fingerprint density at radius 2 is 1.91 bits per heavy atom. The van der Waals surface area contributed by atoms with Gasteiger partial charge in [-0.3, -0.25) is 4.79 Å². The first-order valence-corrected chi connectivity index (χ1v) is 8.96. The largest absolute Gasteiger partial charge is 0.349 e. The highest BCUT2D eigenvalue weighted by molar-refractivity contribution is 7.11. The van der Waals surface area contributed by atoms with Gasteiger partial charge in [-0.15, -0.1) is 22.6 Å². The van der Waals surface area contributed by atoms with Crippen LogP contribution >= 0.6 is 23.7 Å². The third-order valence-corrected chi connectivity index (χ3v) is 5.78. The van der Waals surface area contributed by atoms with Crippen molar-refractivity contribution in [2.75, 3.05) is 6.54 Å². The number of nitrogens with one attached hydrogen (secondary N) is 1. The van der Waals surface area contributed by atoms with E-state index in [-0.39, 0.29) is 29.1 Å². The fourth-order valence-electron chi connectivity index (χ4n) is 2.96. The molecule has 1 aromatic rings. The molecule has 0 saturated heterocycles. The Balaban J connectivity index is 0.00000264. The Bertz CT molecular complexity index is 506. The normalized spacial score (nSPS) is 17.4. The monoisotopic (exact) mass is 360 g/mol. The minimum Gasteiger partial charge on any atom is -0.349 e. The van der Waals surface area contributed by atoms with Gasteiger partial charge >= 0.3 is 0 Å². The van der Waals surface area contributed by atoms with E-state index < -0.39 is 0 Å². The molecule has 1 amide bonds. The predicted molar refractivity (Wildman–Crippen MR) is 96.9 cm³/mol. The fourth-order valence-corrected chi connectivity index (χ4v) is 3.80. The second kappa shape index (κ2) is 8.40. The summed E-state index contributed by atoms with van der Waals surface area (Å²) in [5.41, 5.74) is 5.96. The number of halogens is 1. The Morgan fingerprint density at radius 3 is 2.43 bits per heavy atom. The zero-order chi connectivity index (χ0) is 16.2. The molecular formula is C16H29ClN4OS. The molecule has 0 spiro atoms. The number of hydrogen-bond acceptors (Lipinski definition) is 5. The number of aromatic nitrogens is 2. The van der Waals surface area contributed by atoms with Gasteiger partial charge in [0.15, 0.2) is 0 Å². The predicted octanol–water partition coefficient (Wildman–Crippen LogP) is 3.17. The average Bonchev–Trinajstić information content (AvgIpc) is 2.95. The summed E-state index contributed by atoms with van der Waals surface area (Å²) in [6.07, 6.45) is 6.33. The minimum absolute atomic E-state index is 0. The van der Waals surface area contributed by atoms with Crippen LogP contribution in [0.2, 0.25) is 0 Å². The van der Waals surface area contributed by atoms with Crippen LogP contribution in [0.4, 0.5) is 0 Å². The van der Waals surface area contributed by atoms with E-state index in [1.165, 1.54) is 19.3 Å². The summed E-state index contributed by atoms with van der Waals surface area (Å²) in [6.45, 7) is 7.42. The Labute approximate surface area is 149 Å². The van der Waals surface area contributed by atoms with Crippen LogP contribution in [0.25, 0.3) is 0 Å². The molecule has 1 aromatic heterocycles. The van der Waals surface area contributed by atoms with E-state index in [2.05, 4.69) is 36.3 Å². The van der Waals surface area contributed by atoms with E-state index in [0.29, 0.717) is 19.5 Å². The molecule has 1 aliphatic rings. The quantitative estimate of drug-likeness (QED) is 0.845. The van der Waals surface area contributed by atoms with Crippen molar-refractivity contribution in [2.24, 2.45) is 11.1 Å². The Kier molecular flexibility index (Phi) is 7.42. The Morgan fingerprint density at radius 1 is 1.26 bits per heavy atom. The second-order valence-corrected chi connectivity index (χ2v) is 8.53. The maximum atomic E-state index is 12.2. The standard InChI is InChI=1S/C16H28N4OS.ClH/c1-15(2,3)14-20-19-13(22-14)10-18-12(21)9-16(11-17)7-5-4-6-8-16;/h4-11,17H2,1-3H3,(H,18,21);1H. The molecule has 0 aromatic carbocycles.